The maximum atomic E-state index is 12.5. The highest BCUT2D eigenvalue weighted by molar-refractivity contribution is 6.03. The van der Waals surface area contributed by atoms with Crippen LogP contribution in [0.15, 0.2) is 54.6 Å². The van der Waals surface area contributed by atoms with Crippen molar-refractivity contribution < 1.29 is 4.79 Å². The molecule has 0 radical (unpaired) electrons. The third-order valence-electron chi connectivity index (χ3n) is 4.81. The molecule has 1 aliphatic rings. The van der Waals surface area contributed by atoms with E-state index in [1.165, 1.54) is 5.56 Å². The van der Waals surface area contributed by atoms with Gasteiger partial charge in [0.2, 0.25) is 0 Å². The van der Waals surface area contributed by atoms with E-state index >= 15 is 0 Å². The predicted molar refractivity (Wildman–Crippen MR) is 111 cm³/mol. The van der Waals surface area contributed by atoms with Gasteiger partial charge in [-0.1, -0.05) is 24.3 Å². The Morgan fingerprint density at radius 3 is 2.71 bits per heavy atom. The molecule has 6 nitrogen and oxygen atoms in total. The molecule has 0 bridgehead atoms. The Kier molecular flexibility index (Phi) is 6.09. The van der Waals surface area contributed by atoms with E-state index < -0.39 is 0 Å². The molecule has 0 spiro atoms. The number of halogens is 1. The number of anilines is 1. The summed E-state index contributed by atoms with van der Waals surface area (Å²) in [5, 5.41) is 22.2. The highest BCUT2D eigenvalue weighted by atomic mass is 35.5. The van der Waals surface area contributed by atoms with Crippen molar-refractivity contribution in [1.82, 2.24) is 15.5 Å². The lowest BCUT2D eigenvalue weighted by molar-refractivity contribution is 0.102. The third kappa shape index (κ3) is 4.22. The predicted octanol–water partition coefficient (Wildman–Crippen LogP) is 3.70. The summed E-state index contributed by atoms with van der Waals surface area (Å²) in [5.41, 5.74) is 4.38. The van der Waals surface area contributed by atoms with E-state index in [0.29, 0.717) is 22.9 Å². The molecule has 1 aliphatic heterocycles. The summed E-state index contributed by atoms with van der Waals surface area (Å²) in [6.07, 6.45) is 1.15. The molecule has 1 aromatic heterocycles. The molecule has 3 N–H and O–H groups in total. The van der Waals surface area contributed by atoms with Crippen LogP contribution in [-0.4, -0.2) is 29.2 Å². The van der Waals surface area contributed by atoms with Gasteiger partial charge in [-0.3, -0.25) is 9.89 Å². The summed E-state index contributed by atoms with van der Waals surface area (Å²) in [4.78, 5) is 12.5. The normalized spacial score (nSPS) is 15.5. The molecule has 4 rings (SSSR count). The highest BCUT2D eigenvalue weighted by Crippen LogP contribution is 2.24. The van der Waals surface area contributed by atoms with Crippen LogP contribution in [0.2, 0.25) is 0 Å². The first kappa shape index (κ1) is 19.6. The van der Waals surface area contributed by atoms with Crippen molar-refractivity contribution in [1.29, 1.82) is 5.26 Å². The molecule has 3 aromatic rings. The number of amides is 1. The second-order valence-corrected chi connectivity index (χ2v) is 6.63. The van der Waals surface area contributed by atoms with Crippen molar-refractivity contribution in [3.8, 4) is 17.3 Å². The van der Waals surface area contributed by atoms with Crippen LogP contribution < -0.4 is 10.6 Å². The molecule has 7 heteroatoms. The summed E-state index contributed by atoms with van der Waals surface area (Å²) in [6.45, 7) is 2.07. The standard InChI is InChI=1S/C21H19N5O.ClH/c22-12-14-2-1-3-16(10-14)19-11-20(26-25-19)21(27)24-18-6-4-15(5-7-18)17-8-9-23-13-17;/h1-7,10-11,17,23H,8-9,13H2,(H,24,27)(H,25,26);1H. The zero-order chi connectivity index (χ0) is 18.6. The molecule has 142 valence electrons. The Morgan fingerprint density at radius 1 is 1.18 bits per heavy atom. The Bertz CT molecular complexity index is 1000. The number of benzene rings is 2. The van der Waals surface area contributed by atoms with Gasteiger partial charge >= 0.3 is 0 Å². The minimum absolute atomic E-state index is 0. The molecular formula is C21H20ClN5O. The quantitative estimate of drug-likeness (QED) is 0.630. The van der Waals surface area contributed by atoms with Gasteiger partial charge in [0.25, 0.3) is 5.91 Å². The van der Waals surface area contributed by atoms with Crippen LogP contribution in [0.4, 0.5) is 5.69 Å². The maximum Gasteiger partial charge on any atom is 0.273 e. The van der Waals surface area contributed by atoms with Gasteiger partial charge in [-0.05, 0) is 54.8 Å². The maximum absolute atomic E-state index is 12.5. The zero-order valence-corrected chi connectivity index (χ0v) is 15.9. The van der Waals surface area contributed by atoms with Gasteiger partial charge in [0.15, 0.2) is 0 Å². The fraction of sp³-hybridized carbons (Fsp3) is 0.190. The number of hydrogen-bond acceptors (Lipinski definition) is 4. The number of carbonyl (C=O) groups excluding carboxylic acids is 1. The van der Waals surface area contributed by atoms with Crippen LogP contribution in [0, 0.1) is 11.3 Å². The minimum Gasteiger partial charge on any atom is -0.321 e. The van der Waals surface area contributed by atoms with E-state index in [-0.39, 0.29) is 18.3 Å². The fourth-order valence-corrected chi connectivity index (χ4v) is 3.31. The van der Waals surface area contributed by atoms with Crippen molar-refractivity contribution in [2.24, 2.45) is 0 Å². The molecule has 1 unspecified atom stereocenters. The van der Waals surface area contributed by atoms with Crippen LogP contribution in [-0.2, 0) is 0 Å². The molecule has 1 fully saturated rings. The van der Waals surface area contributed by atoms with E-state index in [9.17, 15) is 4.79 Å². The summed E-state index contributed by atoms with van der Waals surface area (Å²) in [7, 11) is 0. The molecule has 28 heavy (non-hydrogen) atoms. The largest absolute Gasteiger partial charge is 0.321 e. The van der Waals surface area contributed by atoms with Crippen LogP contribution in [0.3, 0.4) is 0 Å². The monoisotopic (exact) mass is 393 g/mol. The number of aromatic amines is 1. The smallest absolute Gasteiger partial charge is 0.273 e. The van der Waals surface area contributed by atoms with Gasteiger partial charge in [0.1, 0.15) is 5.69 Å². The number of hydrogen-bond donors (Lipinski definition) is 3. The van der Waals surface area contributed by atoms with Gasteiger partial charge in [0.05, 0.1) is 17.3 Å². The van der Waals surface area contributed by atoms with Gasteiger partial charge in [-0.25, -0.2) is 0 Å². The van der Waals surface area contributed by atoms with Crippen LogP contribution in [0.5, 0.6) is 0 Å². The minimum atomic E-state index is -0.250. The number of carbonyl (C=O) groups is 1. The Morgan fingerprint density at radius 2 is 2.00 bits per heavy atom. The lowest BCUT2D eigenvalue weighted by atomic mass is 9.98. The topological polar surface area (TPSA) is 93.6 Å². The summed E-state index contributed by atoms with van der Waals surface area (Å²) in [5.74, 6) is 0.301. The van der Waals surface area contributed by atoms with Gasteiger partial charge < -0.3 is 10.6 Å². The molecular weight excluding hydrogens is 374 g/mol. The van der Waals surface area contributed by atoms with Crippen molar-refractivity contribution in [2.45, 2.75) is 12.3 Å². The summed E-state index contributed by atoms with van der Waals surface area (Å²) >= 11 is 0. The van der Waals surface area contributed by atoms with Crippen LogP contribution in [0.25, 0.3) is 11.3 Å². The number of H-pyrrole nitrogens is 1. The number of rotatable bonds is 4. The van der Waals surface area contributed by atoms with E-state index in [2.05, 4.69) is 39.0 Å². The summed E-state index contributed by atoms with van der Waals surface area (Å²) < 4.78 is 0. The first-order chi connectivity index (χ1) is 13.2. The Labute approximate surface area is 169 Å². The molecule has 0 aliphatic carbocycles. The van der Waals surface area contributed by atoms with E-state index in [1.807, 2.05) is 18.2 Å². The Balaban J connectivity index is 0.00000225. The average Bonchev–Trinajstić information content (AvgIpc) is 3.41. The van der Waals surface area contributed by atoms with Gasteiger partial charge in [-0.2, -0.15) is 10.4 Å². The van der Waals surface area contributed by atoms with Gasteiger partial charge in [-0.15, -0.1) is 12.4 Å². The van der Waals surface area contributed by atoms with Crippen molar-refractivity contribution in [2.75, 3.05) is 18.4 Å². The molecule has 1 atom stereocenters. The second kappa shape index (κ2) is 8.70. The SMILES string of the molecule is Cl.N#Cc1cccc(-c2cc(C(=O)Nc3ccc(C4CCNC4)cc3)[nH]n2)c1. The number of nitriles is 1. The lowest BCUT2D eigenvalue weighted by Gasteiger charge is -2.10. The molecule has 1 saturated heterocycles. The number of aromatic nitrogens is 2. The second-order valence-electron chi connectivity index (χ2n) is 6.63. The molecule has 0 saturated carbocycles. The first-order valence-electron chi connectivity index (χ1n) is 8.91. The van der Waals surface area contributed by atoms with Crippen LogP contribution in [0.1, 0.15) is 34.0 Å². The fourth-order valence-electron chi connectivity index (χ4n) is 3.31. The first-order valence-corrected chi connectivity index (χ1v) is 8.91. The van der Waals surface area contributed by atoms with Crippen molar-refractivity contribution in [3.05, 3.63) is 71.4 Å². The number of nitrogens with one attached hydrogen (secondary N) is 3. The third-order valence-corrected chi connectivity index (χ3v) is 4.81. The lowest BCUT2D eigenvalue weighted by Crippen LogP contribution is -2.12. The van der Waals surface area contributed by atoms with E-state index in [0.717, 1.165) is 30.8 Å². The van der Waals surface area contributed by atoms with Crippen LogP contribution >= 0.6 is 12.4 Å². The molecule has 2 aromatic carbocycles. The Hall–Kier alpha value is -3.14. The zero-order valence-electron chi connectivity index (χ0n) is 15.1. The van der Waals surface area contributed by atoms with Crippen molar-refractivity contribution in [3.63, 3.8) is 0 Å². The molecule has 2 heterocycles. The average molecular weight is 394 g/mol. The van der Waals surface area contributed by atoms with Crippen molar-refractivity contribution >= 4 is 24.0 Å². The van der Waals surface area contributed by atoms with E-state index in [1.54, 1.807) is 24.3 Å². The number of nitrogens with zero attached hydrogens (tertiary/aromatic N) is 2. The summed E-state index contributed by atoms with van der Waals surface area (Å²) in [6, 6.07) is 18.9. The highest BCUT2D eigenvalue weighted by Gasteiger charge is 2.16. The molecule has 1 amide bonds. The van der Waals surface area contributed by atoms with E-state index in [4.69, 9.17) is 5.26 Å². The van der Waals surface area contributed by atoms with Gasteiger partial charge in [0, 0.05) is 17.8 Å².